The van der Waals surface area contributed by atoms with Crippen LogP contribution in [0.2, 0.25) is 0 Å². The summed E-state index contributed by atoms with van der Waals surface area (Å²) in [5.41, 5.74) is -0.766. The molecule has 0 spiro atoms. The van der Waals surface area contributed by atoms with Crippen molar-refractivity contribution in [2.24, 2.45) is 5.41 Å². The Labute approximate surface area is 163 Å². The minimum atomic E-state index is -1.12. The van der Waals surface area contributed by atoms with E-state index in [0.29, 0.717) is 0 Å². The number of hydrogen-bond acceptors (Lipinski definition) is 7. The van der Waals surface area contributed by atoms with Gasteiger partial charge in [0.05, 0.1) is 25.4 Å². The monoisotopic (exact) mass is 388 g/mol. The zero-order valence-corrected chi connectivity index (χ0v) is 17.6. The Balaban J connectivity index is 4.71. The summed E-state index contributed by atoms with van der Waals surface area (Å²) >= 11 is 0. The predicted molar refractivity (Wildman–Crippen MR) is 102 cm³/mol. The van der Waals surface area contributed by atoms with E-state index in [9.17, 15) is 14.7 Å². The van der Waals surface area contributed by atoms with Crippen LogP contribution in [0.25, 0.3) is 0 Å². The second kappa shape index (κ2) is 12.9. The number of hydrogen-bond donors (Lipinski definition) is 1. The number of carbonyl (C=O) groups excluding carboxylic acids is 2. The van der Waals surface area contributed by atoms with Crippen LogP contribution in [0.15, 0.2) is 12.2 Å². The molecule has 0 aliphatic rings. The predicted octanol–water partition coefficient (Wildman–Crippen LogP) is 2.65. The molecule has 3 atom stereocenters. The van der Waals surface area contributed by atoms with Crippen LogP contribution in [-0.4, -0.2) is 61.8 Å². The van der Waals surface area contributed by atoms with Gasteiger partial charge in [0, 0.05) is 5.57 Å². The third-order valence-corrected chi connectivity index (χ3v) is 4.18. The van der Waals surface area contributed by atoms with E-state index in [0.717, 1.165) is 12.8 Å². The number of esters is 2. The SMILES string of the molecule is C=C(C)C(=O)OCC(O)COC(=O)C(C)(COC(C)CC)COC(C)CC. The van der Waals surface area contributed by atoms with Crippen molar-refractivity contribution in [2.75, 3.05) is 26.4 Å². The van der Waals surface area contributed by atoms with Crippen molar-refractivity contribution in [1.29, 1.82) is 0 Å². The standard InChI is InChI=1S/C20H36O7/c1-8-15(5)26-12-20(7,13-27-16(6)9-2)19(23)25-11-17(21)10-24-18(22)14(3)4/h15-17,21H,3,8-13H2,1-2,4-7H3. The Hall–Kier alpha value is -1.44. The Morgan fingerprint density at radius 3 is 1.85 bits per heavy atom. The lowest BCUT2D eigenvalue weighted by atomic mass is 9.93. The minimum absolute atomic E-state index is 0.00729. The Morgan fingerprint density at radius 1 is 1.00 bits per heavy atom. The lowest BCUT2D eigenvalue weighted by Crippen LogP contribution is -2.42. The highest BCUT2D eigenvalue weighted by molar-refractivity contribution is 5.86. The molecule has 0 radical (unpaired) electrons. The van der Waals surface area contributed by atoms with Gasteiger partial charge in [-0.2, -0.15) is 0 Å². The molecule has 0 aromatic heterocycles. The lowest BCUT2D eigenvalue weighted by molar-refractivity contribution is -0.170. The molecule has 1 N–H and O–H groups in total. The summed E-state index contributed by atoms with van der Waals surface area (Å²) < 4.78 is 21.5. The van der Waals surface area contributed by atoms with Gasteiger partial charge in [0.15, 0.2) is 0 Å². The van der Waals surface area contributed by atoms with E-state index in [-0.39, 0.29) is 44.2 Å². The summed E-state index contributed by atoms with van der Waals surface area (Å²) in [7, 11) is 0. The molecule has 0 aliphatic carbocycles. The van der Waals surface area contributed by atoms with Crippen LogP contribution in [-0.2, 0) is 28.5 Å². The van der Waals surface area contributed by atoms with Crippen LogP contribution in [0.5, 0.6) is 0 Å². The van der Waals surface area contributed by atoms with E-state index in [1.807, 2.05) is 27.7 Å². The van der Waals surface area contributed by atoms with Gasteiger partial charge in [-0.15, -0.1) is 0 Å². The van der Waals surface area contributed by atoms with Crippen molar-refractivity contribution in [1.82, 2.24) is 0 Å². The zero-order valence-electron chi connectivity index (χ0n) is 17.6. The lowest BCUT2D eigenvalue weighted by Gasteiger charge is -2.30. The number of aliphatic hydroxyl groups is 1. The normalized spacial score (nSPS) is 16.7. The molecule has 0 aromatic rings. The van der Waals surface area contributed by atoms with Gasteiger partial charge in [-0.3, -0.25) is 4.79 Å². The zero-order chi connectivity index (χ0) is 21.0. The molecule has 0 rings (SSSR count). The summed E-state index contributed by atoms with van der Waals surface area (Å²) in [4.78, 5) is 23.9. The highest BCUT2D eigenvalue weighted by Crippen LogP contribution is 2.22. The first-order valence-corrected chi connectivity index (χ1v) is 9.46. The molecule has 3 unspecified atom stereocenters. The van der Waals surface area contributed by atoms with Gasteiger partial charge in [-0.05, 0) is 40.5 Å². The van der Waals surface area contributed by atoms with Crippen molar-refractivity contribution >= 4 is 11.9 Å². The molecule has 0 aromatic carbocycles. The molecule has 7 nitrogen and oxygen atoms in total. The molecule has 7 heteroatoms. The molecule has 0 amide bonds. The Kier molecular flexibility index (Phi) is 12.2. The third-order valence-electron chi connectivity index (χ3n) is 4.18. The van der Waals surface area contributed by atoms with Gasteiger partial charge >= 0.3 is 11.9 Å². The molecule has 27 heavy (non-hydrogen) atoms. The van der Waals surface area contributed by atoms with Crippen LogP contribution in [0.3, 0.4) is 0 Å². The first kappa shape index (κ1) is 25.6. The first-order chi connectivity index (χ1) is 12.6. The van der Waals surface area contributed by atoms with Crippen LogP contribution in [0, 0.1) is 5.41 Å². The van der Waals surface area contributed by atoms with Crippen LogP contribution in [0.4, 0.5) is 0 Å². The highest BCUT2D eigenvalue weighted by Gasteiger charge is 2.37. The maximum Gasteiger partial charge on any atom is 0.333 e. The average molecular weight is 389 g/mol. The fourth-order valence-corrected chi connectivity index (χ4v) is 1.74. The smallest absolute Gasteiger partial charge is 0.333 e. The summed E-state index contributed by atoms with van der Waals surface area (Å²) in [6, 6.07) is 0. The molecule has 0 heterocycles. The van der Waals surface area contributed by atoms with Crippen LogP contribution in [0.1, 0.15) is 54.4 Å². The number of ether oxygens (including phenoxy) is 4. The minimum Gasteiger partial charge on any atom is -0.462 e. The van der Waals surface area contributed by atoms with Gasteiger partial charge in [-0.25, -0.2) is 4.79 Å². The van der Waals surface area contributed by atoms with Crippen molar-refractivity contribution < 1.29 is 33.6 Å². The van der Waals surface area contributed by atoms with Crippen molar-refractivity contribution in [2.45, 2.75) is 72.7 Å². The molecule has 0 fully saturated rings. The van der Waals surface area contributed by atoms with Gasteiger partial charge in [0.25, 0.3) is 0 Å². The summed E-state index contributed by atoms with van der Waals surface area (Å²) in [5, 5.41) is 9.86. The Bertz CT molecular complexity index is 461. The largest absolute Gasteiger partial charge is 0.462 e. The molecular formula is C20H36O7. The number of carbonyl (C=O) groups is 2. The molecule has 0 saturated carbocycles. The van der Waals surface area contributed by atoms with Crippen molar-refractivity contribution in [3.05, 3.63) is 12.2 Å². The Morgan fingerprint density at radius 2 is 1.44 bits per heavy atom. The van der Waals surface area contributed by atoms with E-state index >= 15 is 0 Å². The third kappa shape index (κ3) is 10.5. The molecule has 0 saturated heterocycles. The highest BCUT2D eigenvalue weighted by atomic mass is 16.6. The van der Waals surface area contributed by atoms with Crippen molar-refractivity contribution in [3.8, 4) is 0 Å². The quantitative estimate of drug-likeness (QED) is 0.361. The van der Waals surface area contributed by atoms with E-state index in [4.69, 9.17) is 18.9 Å². The van der Waals surface area contributed by atoms with Gasteiger partial charge in [0.2, 0.25) is 0 Å². The fraction of sp³-hybridized carbons (Fsp3) is 0.800. The summed E-state index contributed by atoms with van der Waals surface area (Å²) in [6.07, 6.45) is 0.544. The molecule has 0 aliphatic heterocycles. The molecule has 0 bridgehead atoms. The van der Waals surface area contributed by atoms with E-state index in [1.54, 1.807) is 6.92 Å². The number of rotatable bonds is 14. The van der Waals surface area contributed by atoms with Gasteiger partial charge in [0.1, 0.15) is 24.7 Å². The van der Waals surface area contributed by atoms with Gasteiger partial charge in [-0.1, -0.05) is 20.4 Å². The topological polar surface area (TPSA) is 91.3 Å². The maximum absolute atomic E-state index is 12.6. The number of aliphatic hydroxyl groups excluding tert-OH is 1. The van der Waals surface area contributed by atoms with E-state index in [2.05, 4.69) is 6.58 Å². The molecular weight excluding hydrogens is 352 g/mol. The van der Waals surface area contributed by atoms with E-state index < -0.39 is 23.5 Å². The summed E-state index contributed by atoms with van der Waals surface area (Å²) in [6.45, 7) is 14.3. The van der Waals surface area contributed by atoms with Crippen molar-refractivity contribution in [3.63, 3.8) is 0 Å². The van der Waals surface area contributed by atoms with Crippen LogP contribution < -0.4 is 0 Å². The molecule has 158 valence electrons. The van der Waals surface area contributed by atoms with Crippen LogP contribution >= 0.6 is 0 Å². The summed E-state index contributed by atoms with van der Waals surface area (Å²) in [5.74, 6) is -1.13. The first-order valence-electron chi connectivity index (χ1n) is 9.46. The second-order valence-corrected chi connectivity index (χ2v) is 7.25. The second-order valence-electron chi connectivity index (χ2n) is 7.25. The average Bonchev–Trinajstić information content (AvgIpc) is 2.65. The fourth-order valence-electron chi connectivity index (χ4n) is 1.74. The van der Waals surface area contributed by atoms with Gasteiger partial charge < -0.3 is 24.1 Å². The van der Waals surface area contributed by atoms with E-state index in [1.165, 1.54) is 6.92 Å². The maximum atomic E-state index is 12.6.